The molecular formula is C19H24ClN7O. The number of halogens is 1. The van der Waals surface area contributed by atoms with Crippen LogP contribution in [0.2, 0.25) is 5.02 Å². The summed E-state index contributed by atoms with van der Waals surface area (Å²) in [4.78, 5) is 22.4. The van der Waals surface area contributed by atoms with E-state index in [-0.39, 0.29) is 11.9 Å². The van der Waals surface area contributed by atoms with E-state index >= 15 is 0 Å². The molecule has 2 N–H and O–H groups in total. The Hall–Kier alpha value is -2.61. The summed E-state index contributed by atoms with van der Waals surface area (Å²) in [6, 6.07) is 0.589. The molecular weight excluding hydrogens is 378 g/mol. The normalized spacial score (nSPS) is 19.8. The van der Waals surface area contributed by atoms with Crippen LogP contribution in [0.25, 0.3) is 0 Å². The van der Waals surface area contributed by atoms with E-state index in [0.717, 1.165) is 25.1 Å². The quantitative estimate of drug-likeness (QED) is 0.721. The standard InChI is InChI=1S/C19H24ClN7O/c1-2-17(28)26-8-4-5-13(11-26)23-18-16(20)10-21-19(25-18)24-14-9-22-27(12-14)15-6-3-7-15/h2,9-10,12-13,15H,1,3-8,11H2,(H2,21,23,24,25). The van der Waals surface area contributed by atoms with Crippen molar-refractivity contribution in [2.75, 3.05) is 23.7 Å². The number of carbonyl (C=O) groups is 1. The second-order valence-electron chi connectivity index (χ2n) is 7.28. The molecule has 1 aliphatic heterocycles. The van der Waals surface area contributed by atoms with Gasteiger partial charge in [0.1, 0.15) is 5.02 Å². The number of piperidine rings is 1. The van der Waals surface area contributed by atoms with Gasteiger partial charge in [0, 0.05) is 25.3 Å². The van der Waals surface area contributed by atoms with Gasteiger partial charge in [-0.3, -0.25) is 9.48 Å². The minimum Gasteiger partial charge on any atom is -0.364 e. The monoisotopic (exact) mass is 401 g/mol. The largest absolute Gasteiger partial charge is 0.364 e. The molecule has 3 heterocycles. The lowest BCUT2D eigenvalue weighted by molar-refractivity contribution is -0.127. The fraction of sp³-hybridized carbons (Fsp3) is 0.474. The lowest BCUT2D eigenvalue weighted by Crippen LogP contribution is -2.44. The first-order chi connectivity index (χ1) is 13.6. The summed E-state index contributed by atoms with van der Waals surface area (Å²) in [6.07, 6.45) is 12.2. The van der Waals surface area contributed by atoms with Crippen molar-refractivity contribution in [3.05, 3.63) is 36.3 Å². The zero-order valence-corrected chi connectivity index (χ0v) is 16.4. The lowest BCUT2D eigenvalue weighted by Gasteiger charge is -2.33. The average molecular weight is 402 g/mol. The molecule has 1 aliphatic carbocycles. The van der Waals surface area contributed by atoms with E-state index in [1.807, 2.05) is 10.9 Å². The summed E-state index contributed by atoms with van der Waals surface area (Å²) in [6.45, 7) is 4.91. The van der Waals surface area contributed by atoms with E-state index in [9.17, 15) is 4.79 Å². The van der Waals surface area contributed by atoms with Crippen molar-refractivity contribution >= 4 is 35.0 Å². The number of nitrogens with one attached hydrogen (secondary N) is 2. The highest BCUT2D eigenvalue weighted by Crippen LogP contribution is 2.31. The van der Waals surface area contributed by atoms with E-state index in [1.165, 1.54) is 25.3 Å². The third-order valence-corrected chi connectivity index (χ3v) is 5.58. The SMILES string of the molecule is C=CC(=O)N1CCCC(Nc2nc(Nc3cnn(C4CCC4)c3)ncc2Cl)C1. The zero-order chi connectivity index (χ0) is 19.5. The van der Waals surface area contributed by atoms with Crippen LogP contribution in [-0.4, -0.2) is 49.7 Å². The lowest BCUT2D eigenvalue weighted by atomic mass is 9.93. The zero-order valence-electron chi connectivity index (χ0n) is 15.6. The van der Waals surface area contributed by atoms with Gasteiger partial charge in [-0.05, 0) is 38.2 Å². The topological polar surface area (TPSA) is 88.0 Å². The summed E-state index contributed by atoms with van der Waals surface area (Å²) in [5.41, 5.74) is 0.848. The summed E-state index contributed by atoms with van der Waals surface area (Å²) in [5.74, 6) is 0.962. The molecule has 2 aromatic heterocycles. The van der Waals surface area contributed by atoms with Gasteiger partial charge in [0.2, 0.25) is 11.9 Å². The maximum Gasteiger partial charge on any atom is 0.246 e. The number of aromatic nitrogens is 4. The number of carbonyl (C=O) groups excluding carboxylic acids is 1. The van der Waals surface area contributed by atoms with E-state index in [4.69, 9.17) is 11.6 Å². The van der Waals surface area contributed by atoms with Crippen LogP contribution in [0, 0.1) is 0 Å². The van der Waals surface area contributed by atoms with Crippen LogP contribution >= 0.6 is 11.6 Å². The maximum absolute atomic E-state index is 11.9. The van der Waals surface area contributed by atoms with Gasteiger partial charge in [-0.25, -0.2) is 4.98 Å². The third-order valence-electron chi connectivity index (χ3n) is 5.30. The molecule has 1 saturated carbocycles. The number of anilines is 3. The highest BCUT2D eigenvalue weighted by Gasteiger charge is 2.23. The van der Waals surface area contributed by atoms with Crippen molar-refractivity contribution in [3.8, 4) is 0 Å². The van der Waals surface area contributed by atoms with Crippen LogP contribution in [0.5, 0.6) is 0 Å². The van der Waals surface area contributed by atoms with E-state index in [1.54, 1.807) is 17.3 Å². The number of amides is 1. The summed E-state index contributed by atoms with van der Waals surface area (Å²) in [7, 11) is 0. The maximum atomic E-state index is 11.9. The number of rotatable bonds is 6. The molecule has 0 radical (unpaired) electrons. The molecule has 28 heavy (non-hydrogen) atoms. The van der Waals surface area contributed by atoms with Gasteiger partial charge >= 0.3 is 0 Å². The van der Waals surface area contributed by atoms with Gasteiger partial charge in [-0.15, -0.1) is 0 Å². The molecule has 0 bridgehead atoms. The molecule has 1 atom stereocenters. The van der Waals surface area contributed by atoms with Crippen LogP contribution in [-0.2, 0) is 4.79 Å². The molecule has 148 valence electrons. The Labute approximate surface area is 169 Å². The van der Waals surface area contributed by atoms with Crippen LogP contribution in [0.4, 0.5) is 17.5 Å². The second-order valence-corrected chi connectivity index (χ2v) is 7.69. The molecule has 4 rings (SSSR count). The molecule has 2 aliphatic rings. The van der Waals surface area contributed by atoms with Gasteiger partial charge in [-0.1, -0.05) is 18.2 Å². The molecule has 1 unspecified atom stereocenters. The Balaban J connectivity index is 1.42. The number of nitrogens with zero attached hydrogens (tertiary/aromatic N) is 5. The summed E-state index contributed by atoms with van der Waals surface area (Å²) in [5, 5.41) is 11.4. The molecule has 1 saturated heterocycles. The Bertz CT molecular complexity index is 864. The first-order valence-corrected chi connectivity index (χ1v) is 10.0. The van der Waals surface area contributed by atoms with Crippen LogP contribution < -0.4 is 10.6 Å². The minimum atomic E-state index is -0.0499. The fourth-order valence-electron chi connectivity index (χ4n) is 3.53. The van der Waals surface area contributed by atoms with Crippen LogP contribution in [0.1, 0.15) is 38.1 Å². The predicted octanol–water partition coefficient (Wildman–Crippen LogP) is 3.38. The van der Waals surface area contributed by atoms with Crippen molar-refractivity contribution in [2.45, 2.75) is 44.2 Å². The molecule has 2 fully saturated rings. The molecule has 0 spiro atoms. The Morgan fingerprint density at radius 3 is 2.89 bits per heavy atom. The predicted molar refractivity (Wildman–Crippen MR) is 109 cm³/mol. The number of likely N-dealkylation sites (tertiary alicyclic amines) is 1. The fourth-order valence-corrected chi connectivity index (χ4v) is 3.67. The van der Waals surface area contributed by atoms with E-state index in [0.29, 0.717) is 29.4 Å². The second kappa shape index (κ2) is 8.18. The van der Waals surface area contributed by atoms with Gasteiger partial charge in [0.05, 0.1) is 24.1 Å². The van der Waals surface area contributed by atoms with Gasteiger partial charge < -0.3 is 15.5 Å². The number of hydrogen-bond donors (Lipinski definition) is 2. The smallest absolute Gasteiger partial charge is 0.246 e. The van der Waals surface area contributed by atoms with Crippen molar-refractivity contribution in [2.24, 2.45) is 0 Å². The molecule has 2 aromatic rings. The Kier molecular flexibility index (Phi) is 5.47. The first-order valence-electron chi connectivity index (χ1n) is 9.64. The van der Waals surface area contributed by atoms with Crippen molar-refractivity contribution < 1.29 is 4.79 Å². The molecule has 1 amide bonds. The van der Waals surface area contributed by atoms with Gasteiger partial charge in [0.15, 0.2) is 5.82 Å². The van der Waals surface area contributed by atoms with E-state index in [2.05, 4.69) is 32.3 Å². The summed E-state index contributed by atoms with van der Waals surface area (Å²) < 4.78 is 1.99. The molecule has 8 nitrogen and oxygen atoms in total. The van der Waals surface area contributed by atoms with Crippen molar-refractivity contribution in [1.29, 1.82) is 0 Å². The minimum absolute atomic E-state index is 0.0499. The summed E-state index contributed by atoms with van der Waals surface area (Å²) >= 11 is 6.29. The van der Waals surface area contributed by atoms with Gasteiger partial charge in [0.25, 0.3) is 0 Å². The third kappa shape index (κ3) is 4.11. The van der Waals surface area contributed by atoms with E-state index < -0.39 is 0 Å². The van der Waals surface area contributed by atoms with Crippen molar-refractivity contribution in [3.63, 3.8) is 0 Å². The van der Waals surface area contributed by atoms with Gasteiger partial charge in [-0.2, -0.15) is 10.1 Å². The van der Waals surface area contributed by atoms with Crippen molar-refractivity contribution in [1.82, 2.24) is 24.6 Å². The average Bonchev–Trinajstić information content (AvgIpc) is 3.10. The highest BCUT2D eigenvalue weighted by atomic mass is 35.5. The Morgan fingerprint density at radius 1 is 1.29 bits per heavy atom. The molecule has 0 aromatic carbocycles. The van der Waals surface area contributed by atoms with Crippen LogP contribution in [0.15, 0.2) is 31.2 Å². The highest BCUT2D eigenvalue weighted by molar-refractivity contribution is 6.32. The van der Waals surface area contributed by atoms with Crippen LogP contribution in [0.3, 0.4) is 0 Å². The number of hydrogen-bond acceptors (Lipinski definition) is 6. The molecule has 9 heteroatoms. The Morgan fingerprint density at radius 2 is 2.14 bits per heavy atom. The first kappa shape index (κ1) is 18.7.